The Morgan fingerprint density at radius 2 is 2.00 bits per heavy atom. The zero-order valence-electron chi connectivity index (χ0n) is 22.6. The molecule has 0 spiro atoms. The van der Waals surface area contributed by atoms with Crippen LogP contribution in [0.3, 0.4) is 0 Å². The molecule has 2 unspecified atom stereocenters. The molecule has 2 aliphatic heterocycles. The van der Waals surface area contributed by atoms with Gasteiger partial charge >= 0.3 is 0 Å². The number of hydrogen-bond acceptors (Lipinski definition) is 8. The molecule has 218 valence electrons. The van der Waals surface area contributed by atoms with Crippen LogP contribution in [0.5, 0.6) is 0 Å². The topological polar surface area (TPSA) is 134 Å². The minimum Gasteiger partial charge on any atom is -0.394 e. The van der Waals surface area contributed by atoms with Crippen molar-refractivity contribution >= 4 is 33.5 Å². The monoisotopic (exact) mass is 603 g/mol. The molecule has 0 aliphatic carbocycles. The molecule has 2 aromatic carbocycles. The van der Waals surface area contributed by atoms with E-state index in [0.29, 0.717) is 47.1 Å². The summed E-state index contributed by atoms with van der Waals surface area (Å²) in [5, 5.41) is 16.1. The number of rotatable bonds is 8. The van der Waals surface area contributed by atoms with E-state index in [9.17, 15) is 22.7 Å². The Labute approximate surface area is 243 Å². The number of hydrogen-bond donors (Lipinski definition) is 3. The number of aromatic nitrogens is 2. The predicted molar refractivity (Wildman–Crippen MR) is 151 cm³/mol. The van der Waals surface area contributed by atoms with Crippen LogP contribution < -0.4 is 10.6 Å². The summed E-state index contributed by atoms with van der Waals surface area (Å²) in [5.41, 5.74) is 2.42. The minimum absolute atomic E-state index is 0.0105. The molecule has 2 aliphatic rings. The smallest absolute Gasteiger partial charge is 0.244 e. The lowest BCUT2D eigenvalue weighted by molar-refractivity contribution is -0.125. The summed E-state index contributed by atoms with van der Waals surface area (Å²) in [6.45, 7) is 3.98. The van der Waals surface area contributed by atoms with Gasteiger partial charge in [0.15, 0.2) is 0 Å². The maximum Gasteiger partial charge on any atom is 0.244 e. The second kappa shape index (κ2) is 12.0. The third kappa shape index (κ3) is 6.21. The number of carbonyl (C=O) groups is 1. The Bertz CT molecular complexity index is 1550. The lowest BCUT2D eigenvalue weighted by atomic mass is 10.0. The molecule has 3 N–H and O–H groups in total. The quantitative estimate of drug-likeness (QED) is 0.356. The molecule has 1 amide bonds. The SMILES string of the molecule is Cc1cc(F)cc(C(CO)NC(=O)C(C)N2Cc3ccc(-c4nc(NC5CCOCC5)ncc4Cl)cc3S2(=O)=O)c1. The molecule has 0 saturated carbocycles. The fraction of sp³-hybridized carbons (Fsp3) is 0.393. The Morgan fingerprint density at radius 3 is 2.71 bits per heavy atom. The normalized spacial score (nSPS) is 18.5. The molecule has 10 nitrogen and oxygen atoms in total. The van der Waals surface area contributed by atoms with Gasteiger partial charge in [-0.25, -0.2) is 22.8 Å². The fourth-order valence-electron chi connectivity index (χ4n) is 5.08. The van der Waals surface area contributed by atoms with E-state index in [1.54, 1.807) is 25.1 Å². The third-order valence-corrected chi connectivity index (χ3v) is 9.60. The predicted octanol–water partition coefficient (Wildman–Crippen LogP) is 3.58. The highest BCUT2D eigenvalue weighted by Gasteiger charge is 2.41. The summed E-state index contributed by atoms with van der Waals surface area (Å²) < 4.78 is 47.6. The average Bonchev–Trinajstić information content (AvgIpc) is 3.21. The van der Waals surface area contributed by atoms with E-state index in [1.165, 1.54) is 31.3 Å². The van der Waals surface area contributed by atoms with Crippen molar-refractivity contribution in [3.8, 4) is 11.3 Å². The molecule has 1 aromatic heterocycles. The van der Waals surface area contributed by atoms with E-state index in [-0.39, 0.29) is 22.5 Å². The molecule has 13 heteroatoms. The molecule has 0 radical (unpaired) electrons. The van der Waals surface area contributed by atoms with Crippen LogP contribution in [0, 0.1) is 12.7 Å². The number of sulfonamides is 1. The second-order valence-corrected chi connectivity index (χ2v) is 12.5. The number of amides is 1. The lowest BCUT2D eigenvalue weighted by Crippen LogP contribution is -2.46. The highest BCUT2D eigenvalue weighted by Crippen LogP contribution is 2.36. The summed E-state index contributed by atoms with van der Waals surface area (Å²) >= 11 is 6.42. The van der Waals surface area contributed by atoms with Crippen molar-refractivity contribution in [2.75, 3.05) is 25.1 Å². The first kappa shape index (κ1) is 29.3. The number of fused-ring (bicyclic) bond motifs is 1. The van der Waals surface area contributed by atoms with Crippen molar-refractivity contribution in [3.63, 3.8) is 0 Å². The minimum atomic E-state index is -4.05. The van der Waals surface area contributed by atoms with Crippen LogP contribution in [0.4, 0.5) is 10.3 Å². The van der Waals surface area contributed by atoms with Crippen LogP contribution in [-0.2, 0) is 26.1 Å². The largest absolute Gasteiger partial charge is 0.394 e. The highest BCUT2D eigenvalue weighted by atomic mass is 35.5. The van der Waals surface area contributed by atoms with E-state index in [1.807, 2.05) is 0 Å². The van der Waals surface area contributed by atoms with Crippen molar-refractivity contribution in [2.24, 2.45) is 0 Å². The number of nitrogens with zero attached hydrogens (tertiary/aromatic N) is 3. The van der Waals surface area contributed by atoms with Gasteiger partial charge in [-0.2, -0.15) is 4.31 Å². The molecule has 3 heterocycles. The lowest BCUT2D eigenvalue weighted by Gasteiger charge is -2.25. The number of aliphatic hydroxyl groups excluding tert-OH is 1. The number of aliphatic hydroxyl groups is 1. The summed E-state index contributed by atoms with van der Waals surface area (Å²) in [6, 6.07) is 7.31. The van der Waals surface area contributed by atoms with Gasteiger partial charge in [-0.3, -0.25) is 4.79 Å². The van der Waals surface area contributed by atoms with Crippen molar-refractivity contribution < 1.29 is 27.4 Å². The summed E-state index contributed by atoms with van der Waals surface area (Å²) in [7, 11) is -4.05. The number of anilines is 1. The summed E-state index contributed by atoms with van der Waals surface area (Å²) in [6.07, 6.45) is 3.12. The van der Waals surface area contributed by atoms with Crippen LogP contribution in [0.1, 0.15) is 42.5 Å². The van der Waals surface area contributed by atoms with Gasteiger partial charge in [0, 0.05) is 31.4 Å². The Kier molecular flexibility index (Phi) is 8.57. The van der Waals surface area contributed by atoms with Gasteiger partial charge in [-0.1, -0.05) is 29.8 Å². The molecule has 1 fully saturated rings. The summed E-state index contributed by atoms with van der Waals surface area (Å²) in [5.74, 6) is -0.729. The van der Waals surface area contributed by atoms with Crippen molar-refractivity contribution in [2.45, 2.75) is 56.3 Å². The van der Waals surface area contributed by atoms with Gasteiger partial charge in [0.05, 0.1) is 34.5 Å². The first-order valence-corrected chi connectivity index (χ1v) is 15.1. The Hall–Kier alpha value is -3.16. The van der Waals surface area contributed by atoms with Gasteiger partial charge in [0.1, 0.15) is 11.9 Å². The van der Waals surface area contributed by atoms with E-state index in [4.69, 9.17) is 16.3 Å². The Morgan fingerprint density at radius 1 is 1.24 bits per heavy atom. The molecule has 3 aromatic rings. The van der Waals surface area contributed by atoms with E-state index in [0.717, 1.165) is 17.1 Å². The maximum atomic E-state index is 13.9. The standard InChI is InChI=1S/C28H31ClFN5O5S/c1-16-9-20(11-21(30)10-16)24(15-36)33-27(37)17(2)35-14-19-4-3-18(12-25(19)41(35,38)39)26-23(29)13-31-28(34-26)32-22-5-7-40-8-6-22/h3-4,9-13,17,22,24,36H,5-8,14-15H2,1-2H3,(H,33,37)(H,31,32,34). The third-order valence-electron chi connectivity index (χ3n) is 7.33. The number of carbonyl (C=O) groups excluding carboxylic acids is 1. The van der Waals surface area contributed by atoms with E-state index < -0.39 is 40.4 Å². The van der Waals surface area contributed by atoms with Gasteiger partial charge in [0.2, 0.25) is 21.9 Å². The molecule has 0 bridgehead atoms. The first-order chi connectivity index (χ1) is 19.6. The van der Waals surface area contributed by atoms with Gasteiger partial charge in [-0.05, 0) is 61.6 Å². The number of halogens is 2. The first-order valence-electron chi connectivity index (χ1n) is 13.3. The summed E-state index contributed by atoms with van der Waals surface area (Å²) in [4.78, 5) is 22.0. The molecule has 1 saturated heterocycles. The number of aryl methyl sites for hydroxylation is 1. The molecule has 2 atom stereocenters. The Balaban J connectivity index is 1.35. The van der Waals surface area contributed by atoms with Gasteiger partial charge in [-0.15, -0.1) is 0 Å². The van der Waals surface area contributed by atoms with Crippen molar-refractivity contribution in [1.82, 2.24) is 19.6 Å². The fourth-order valence-corrected chi connectivity index (χ4v) is 7.10. The highest BCUT2D eigenvalue weighted by molar-refractivity contribution is 7.89. The molecule has 41 heavy (non-hydrogen) atoms. The van der Waals surface area contributed by atoms with Crippen LogP contribution in [0.15, 0.2) is 47.5 Å². The number of ether oxygens (including phenoxy) is 1. The van der Waals surface area contributed by atoms with Gasteiger partial charge in [0.25, 0.3) is 0 Å². The maximum absolute atomic E-state index is 13.9. The average molecular weight is 604 g/mol. The van der Waals surface area contributed by atoms with E-state index in [2.05, 4.69) is 20.6 Å². The van der Waals surface area contributed by atoms with Crippen LogP contribution in [0.2, 0.25) is 5.02 Å². The molecule has 5 rings (SSSR count). The molecular weight excluding hydrogens is 573 g/mol. The van der Waals surface area contributed by atoms with Crippen LogP contribution >= 0.6 is 11.6 Å². The number of benzene rings is 2. The number of nitrogens with one attached hydrogen (secondary N) is 2. The zero-order valence-corrected chi connectivity index (χ0v) is 24.2. The zero-order chi connectivity index (χ0) is 29.3. The van der Waals surface area contributed by atoms with Crippen LogP contribution in [-0.4, -0.2) is 65.6 Å². The van der Waals surface area contributed by atoms with E-state index >= 15 is 0 Å². The second-order valence-electron chi connectivity index (χ2n) is 10.3. The molecular formula is C28H31ClFN5O5S. The van der Waals surface area contributed by atoms with Crippen molar-refractivity contribution in [3.05, 3.63) is 70.1 Å². The van der Waals surface area contributed by atoms with Gasteiger partial charge < -0.3 is 20.5 Å². The van der Waals surface area contributed by atoms with Crippen molar-refractivity contribution in [1.29, 1.82) is 0 Å². The van der Waals surface area contributed by atoms with Crippen LogP contribution in [0.25, 0.3) is 11.3 Å².